The summed E-state index contributed by atoms with van der Waals surface area (Å²) >= 11 is 9.08. The molecule has 3 heterocycles. The standard InChI is InChI=1S/C29H30ClF2N7O10S3.C2HF3O2/c30-15-13(1-2-14(40)19(15)41)22(42)34-7-8-50-9-12-10-51-25-17(24(44)39(25)18(12)26(45)46)35-23(43)16(21-36-28(33)52-38-21)37-49-20(27(47)48)11-3-5-29(31,32)6-4-11;3-2(4,5)1(6)7/h1-2,11,17,20,25,40-41H,3-10H2,(H,34,42)(H,35,43)(H,45,46)(H,47,48)(H2,33,36,38);(H,6,7)/b37-16-;/t17-,20?,25-;/m1./s1. The van der Waals surface area contributed by atoms with Crippen LogP contribution in [0.4, 0.5) is 27.1 Å². The number of benzene rings is 1. The molecule has 5 rings (SSSR count). The number of nitrogens with zero attached hydrogens (tertiary/aromatic N) is 4. The topological polar surface area (TPSA) is 304 Å². The van der Waals surface area contributed by atoms with Crippen LogP contribution in [-0.2, 0) is 28.8 Å². The van der Waals surface area contributed by atoms with Crippen molar-refractivity contribution in [1.82, 2.24) is 24.9 Å². The normalized spacial score (nSPS) is 19.7. The first kappa shape index (κ1) is 46.5. The Labute approximate surface area is 345 Å². The van der Waals surface area contributed by atoms with Gasteiger partial charge in [0.2, 0.25) is 23.6 Å². The lowest BCUT2D eigenvalue weighted by Crippen LogP contribution is -2.71. The second-order valence-corrected chi connectivity index (χ2v) is 15.8. The van der Waals surface area contributed by atoms with Gasteiger partial charge in [0.05, 0.1) is 10.6 Å². The molecule has 1 aliphatic carbocycles. The summed E-state index contributed by atoms with van der Waals surface area (Å²) in [4.78, 5) is 82.5. The minimum Gasteiger partial charge on any atom is -0.504 e. The highest BCUT2D eigenvalue weighted by molar-refractivity contribution is 8.01. The van der Waals surface area contributed by atoms with Gasteiger partial charge in [-0.05, 0) is 30.5 Å². The number of alkyl halides is 5. The summed E-state index contributed by atoms with van der Waals surface area (Å²) in [5.41, 5.74) is 5.14. The number of anilines is 1. The minimum absolute atomic E-state index is 0.0537. The minimum atomic E-state index is -5.08. The number of aromatic hydroxyl groups is 2. The number of phenols is 2. The summed E-state index contributed by atoms with van der Waals surface area (Å²) < 4.78 is 63.0. The summed E-state index contributed by atoms with van der Waals surface area (Å²) in [6.07, 6.45) is -8.16. The number of nitrogens with two attached hydrogens (primary N) is 1. The van der Waals surface area contributed by atoms with Crippen molar-refractivity contribution < 1.29 is 81.1 Å². The number of carboxylic acid groups (broad SMARTS) is 3. The van der Waals surface area contributed by atoms with Crippen molar-refractivity contribution in [2.24, 2.45) is 11.1 Å². The number of carboxylic acids is 3. The number of rotatable bonds is 14. The van der Waals surface area contributed by atoms with Crippen molar-refractivity contribution in [1.29, 1.82) is 0 Å². The summed E-state index contributed by atoms with van der Waals surface area (Å²) in [6, 6.07) is 1.14. The Morgan fingerprint density at radius 2 is 1.78 bits per heavy atom. The van der Waals surface area contributed by atoms with Crippen LogP contribution in [0.2, 0.25) is 5.02 Å². The first-order chi connectivity index (χ1) is 27.5. The Balaban J connectivity index is 0.00000101. The summed E-state index contributed by atoms with van der Waals surface area (Å²) in [5, 5.41) is 53.7. The molecule has 3 amide bonds. The average molecular weight is 920 g/mol. The van der Waals surface area contributed by atoms with E-state index in [1.54, 1.807) is 0 Å². The molecule has 0 bridgehead atoms. The number of oxime groups is 1. The number of carbonyl (C=O) groups is 6. The van der Waals surface area contributed by atoms with E-state index in [1.165, 1.54) is 29.6 Å². The van der Waals surface area contributed by atoms with Gasteiger partial charge in [0.1, 0.15) is 17.1 Å². The van der Waals surface area contributed by atoms with Crippen LogP contribution in [0, 0.1) is 5.92 Å². The highest BCUT2D eigenvalue weighted by atomic mass is 35.5. The van der Waals surface area contributed by atoms with Gasteiger partial charge in [-0.15, -0.1) is 11.8 Å². The van der Waals surface area contributed by atoms with E-state index < -0.39 is 101 Å². The van der Waals surface area contributed by atoms with Crippen molar-refractivity contribution in [2.75, 3.05) is 29.5 Å². The molecule has 1 saturated heterocycles. The molecule has 9 N–H and O–H groups in total. The second-order valence-electron chi connectivity index (χ2n) is 12.5. The van der Waals surface area contributed by atoms with Crippen molar-refractivity contribution in [3.8, 4) is 11.5 Å². The summed E-state index contributed by atoms with van der Waals surface area (Å²) in [6.45, 7) is 0.139. The summed E-state index contributed by atoms with van der Waals surface area (Å²) in [5.74, 6) is -12.5. The van der Waals surface area contributed by atoms with Crippen LogP contribution in [0.25, 0.3) is 0 Å². The first-order valence-corrected chi connectivity index (χ1v) is 19.9. The molecule has 1 aromatic heterocycles. The fourth-order valence-corrected chi connectivity index (χ4v) is 8.62. The monoisotopic (exact) mass is 919 g/mol. The zero-order chi connectivity index (χ0) is 44.0. The van der Waals surface area contributed by atoms with E-state index in [0.717, 1.165) is 11.0 Å². The van der Waals surface area contributed by atoms with Gasteiger partial charge in [0.25, 0.3) is 17.7 Å². The van der Waals surface area contributed by atoms with Gasteiger partial charge in [-0.1, -0.05) is 16.8 Å². The molecule has 2 aromatic rings. The lowest BCUT2D eigenvalue weighted by atomic mass is 9.83. The number of nitrogens with one attached hydrogen (secondary N) is 2. The third kappa shape index (κ3) is 11.5. The van der Waals surface area contributed by atoms with Gasteiger partial charge in [-0.2, -0.15) is 34.3 Å². The number of nitrogen functional groups attached to an aromatic ring is 1. The zero-order valence-electron chi connectivity index (χ0n) is 29.6. The molecule has 2 fully saturated rings. The largest absolute Gasteiger partial charge is 0.504 e. The maximum Gasteiger partial charge on any atom is 0.490 e. The SMILES string of the molecule is Nc1nc(/C(=N/OC(C(=O)O)C2CCC(F)(F)CC2)C(=O)N[C@@H]2C(=O)N3C(C(=O)O)=C(CSCCNC(=O)c4ccc(O)c(O)c4Cl)CS[C@H]23)ns1.O=C(O)C(F)(F)F. The molecule has 1 unspecified atom stereocenters. The Kier molecular flexibility index (Phi) is 15.2. The number of aliphatic carboxylic acids is 3. The van der Waals surface area contributed by atoms with Crippen LogP contribution in [-0.4, -0.2) is 135 Å². The molecular weight excluding hydrogens is 889 g/mol. The molecule has 3 atom stereocenters. The number of phenolic OH excluding ortho intramolecular Hbond substituents is 2. The lowest BCUT2D eigenvalue weighted by Gasteiger charge is -2.49. The van der Waals surface area contributed by atoms with Crippen LogP contribution in [0.15, 0.2) is 28.6 Å². The fraction of sp³-hybridized carbons (Fsp3) is 0.452. The van der Waals surface area contributed by atoms with Crippen molar-refractivity contribution in [3.05, 3.63) is 39.8 Å². The number of amides is 3. The van der Waals surface area contributed by atoms with E-state index in [4.69, 9.17) is 32.1 Å². The smallest absolute Gasteiger partial charge is 0.490 e. The van der Waals surface area contributed by atoms with Crippen LogP contribution >= 0.6 is 46.7 Å². The van der Waals surface area contributed by atoms with Gasteiger partial charge in [-0.3, -0.25) is 19.3 Å². The van der Waals surface area contributed by atoms with E-state index in [9.17, 15) is 66.4 Å². The van der Waals surface area contributed by atoms with Crippen LogP contribution in [0.5, 0.6) is 11.5 Å². The highest BCUT2D eigenvalue weighted by Crippen LogP contribution is 2.42. The number of hydrogen-bond acceptors (Lipinski definition) is 16. The quantitative estimate of drug-likeness (QED) is 0.0337. The third-order valence-corrected chi connectivity index (χ3v) is 11.8. The lowest BCUT2D eigenvalue weighted by molar-refractivity contribution is -0.192. The van der Waals surface area contributed by atoms with Crippen molar-refractivity contribution in [2.45, 2.75) is 55.3 Å². The Bertz CT molecular complexity index is 2050. The van der Waals surface area contributed by atoms with Gasteiger partial charge in [0.15, 0.2) is 16.6 Å². The van der Waals surface area contributed by atoms with Crippen LogP contribution in [0.1, 0.15) is 41.9 Å². The van der Waals surface area contributed by atoms with Crippen molar-refractivity contribution >= 4 is 93.1 Å². The Morgan fingerprint density at radius 1 is 1.14 bits per heavy atom. The Hall–Kier alpha value is -5.15. The van der Waals surface area contributed by atoms with Crippen LogP contribution < -0.4 is 16.4 Å². The maximum atomic E-state index is 13.7. The fourth-order valence-electron chi connectivity index (χ4n) is 5.58. The number of thioether (sulfide) groups is 2. The number of halogens is 6. The molecule has 0 spiro atoms. The Morgan fingerprint density at radius 3 is 2.34 bits per heavy atom. The van der Waals surface area contributed by atoms with E-state index in [2.05, 4.69) is 25.1 Å². The zero-order valence-corrected chi connectivity index (χ0v) is 32.8. The molecule has 0 radical (unpaired) electrons. The molecular formula is C31H31ClF5N7O12S3. The molecule has 28 heteroatoms. The van der Waals surface area contributed by atoms with E-state index in [1.807, 2.05) is 0 Å². The van der Waals surface area contributed by atoms with Gasteiger partial charge in [-0.25, -0.2) is 23.2 Å². The number of carbonyl (C=O) groups excluding carboxylic acids is 3. The summed E-state index contributed by atoms with van der Waals surface area (Å²) in [7, 11) is 0. The predicted octanol–water partition coefficient (Wildman–Crippen LogP) is 2.72. The predicted molar refractivity (Wildman–Crippen MR) is 198 cm³/mol. The van der Waals surface area contributed by atoms with Crippen LogP contribution in [0.3, 0.4) is 0 Å². The van der Waals surface area contributed by atoms with E-state index >= 15 is 0 Å². The molecule has 1 aromatic carbocycles. The highest BCUT2D eigenvalue weighted by Gasteiger charge is 2.54. The number of fused-ring (bicyclic) bond motifs is 1. The molecule has 1 saturated carbocycles. The van der Waals surface area contributed by atoms with E-state index in [0.29, 0.717) is 22.9 Å². The van der Waals surface area contributed by atoms with Gasteiger partial charge in [0, 0.05) is 54.1 Å². The second kappa shape index (κ2) is 19.3. The maximum absolute atomic E-state index is 13.7. The van der Waals surface area contributed by atoms with Crippen molar-refractivity contribution in [3.63, 3.8) is 0 Å². The third-order valence-electron chi connectivity index (χ3n) is 8.49. The molecule has 19 nitrogen and oxygen atoms in total. The molecule has 59 heavy (non-hydrogen) atoms. The van der Waals surface area contributed by atoms with Gasteiger partial charge < -0.3 is 46.7 Å². The molecule has 322 valence electrons. The van der Waals surface area contributed by atoms with Gasteiger partial charge >= 0.3 is 24.1 Å². The van der Waals surface area contributed by atoms with E-state index in [-0.39, 0.29) is 58.1 Å². The number of hydrogen-bond donors (Lipinski definition) is 8. The molecule has 3 aliphatic rings. The number of aromatic nitrogens is 2. The first-order valence-electron chi connectivity index (χ1n) is 16.5. The average Bonchev–Trinajstić information content (AvgIpc) is 3.59. The number of β-lactam (4-membered cyclic amide) rings is 1. The molecule has 2 aliphatic heterocycles.